The van der Waals surface area contributed by atoms with Crippen LogP contribution in [0.2, 0.25) is 10.0 Å². The third-order valence-electron chi connectivity index (χ3n) is 2.45. The third kappa shape index (κ3) is 3.47. The monoisotopic (exact) mass is 330 g/mol. The van der Waals surface area contributed by atoms with Crippen LogP contribution in [0.15, 0.2) is 16.7 Å². The lowest BCUT2D eigenvalue weighted by molar-refractivity contribution is -0.384. The molecule has 0 fully saturated rings. The molecule has 0 saturated carbocycles. The Morgan fingerprint density at radius 3 is 2.76 bits per heavy atom. The fraction of sp³-hybridized carbons (Fsp3) is 0.182. The largest absolute Gasteiger partial charge is 0.345 e. The molecule has 1 N–H and O–H groups in total. The molecule has 1 amide bonds. The highest BCUT2D eigenvalue weighted by molar-refractivity contribution is 6.44. The number of nitro benzene ring substituents is 1. The Morgan fingerprint density at radius 1 is 1.48 bits per heavy atom. The van der Waals surface area contributed by atoms with Gasteiger partial charge in [-0.25, -0.2) is 0 Å². The molecule has 0 spiro atoms. The molecular weight excluding hydrogens is 323 g/mol. The molecule has 2 rings (SSSR count). The number of rotatable bonds is 4. The second kappa shape index (κ2) is 6.06. The highest BCUT2D eigenvalue weighted by atomic mass is 35.5. The molecule has 8 nitrogen and oxygen atoms in total. The van der Waals surface area contributed by atoms with Crippen molar-refractivity contribution in [3.05, 3.63) is 49.6 Å². The van der Waals surface area contributed by atoms with E-state index < -0.39 is 10.8 Å². The Labute approximate surface area is 128 Å². The van der Waals surface area contributed by atoms with E-state index in [1.165, 1.54) is 0 Å². The number of halogens is 2. The zero-order chi connectivity index (χ0) is 15.6. The summed E-state index contributed by atoms with van der Waals surface area (Å²) in [6.45, 7) is 1.60. The summed E-state index contributed by atoms with van der Waals surface area (Å²) in [5, 5.41) is 16.7. The quantitative estimate of drug-likeness (QED) is 0.681. The van der Waals surface area contributed by atoms with Gasteiger partial charge in [0.15, 0.2) is 5.82 Å². The number of carbonyl (C=O) groups excluding carboxylic acids is 1. The Bertz CT molecular complexity index is 716. The van der Waals surface area contributed by atoms with E-state index in [9.17, 15) is 14.9 Å². The molecule has 0 atom stereocenters. The molecular formula is C11H8Cl2N4O4. The number of carbonyl (C=O) groups is 1. The summed E-state index contributed by atoms with van der Waals surface area (Å²) in [5.74, 6) is -0.00257. The number of aromatic nitrogens is 2. The summed E-state index contributed by atoms with van der Waals surface area (Å²) in [6, 6.07) is 2.12. The van der Waals surface area contributed by atoms with Crippen LogP contribution in [0.1, 0.15) is 22.1 Å². The summed E-state index contributed by atoms with van der Waals surface area (Å²) in [6.07, 6.45) is 0. The minimum Gasteiger partial charge on any atom is -0.345 e. The van der Waals surface area contributed by atoms with Gasteiger partial charge in [-0.05, 0) is 0 Å². The van der Waals surface area contributed by atoms with E-state index in [0.29, 0.717) is 5.89 Å². The van der Waals surface area contributed by atoms with Crippen molar-refractivity contribution in [2.75, 3.05) is 0 Å². The second-order valence-electron chi connectivity index (χ2n) is 3.96. The van der Waals surface area contributed by atoms with Gasteiger partial charge in [0, 0.05) is 19.1 Å². The lowest BCUT2D eigenvalue weighted by Crippen LogP contribution is -2.24. The maximum absolute atomic E-state index is 12.0. The number of aryl methyl sites for hydroxylation is 1. The Hall–Kier alpha value is -2.19. The molecule has 1 heterocycles. The number of hydrogen-bond acceptors (Lipinski definition) is 6. The van der Waals surface area contributed by atoms with Crippen LogP contribution < -0.4 is 5.32 Å². The molecule has 0 unspecified atom stereocenters. The van der Waals surface area contributed by atoms with Crippen LogP contribution >= 0.6 is 23.2 Å². The lowest BCUT2D eigenvalue weighted by atomic mass is 10.2. The summed E-state index contributed by atoms with van der Waals surface area (Å²) in [5.41, 5.74) is -0.430. The summed E-state index contributed by atoms with van der Waals surface area (Å²) in [7, 11) is 0. The van der Waals surface area contributed by atoms with Crippen LogP contribution in [-0.4, -0.2) is 21.0 Å². The van der Waals surface area contributed by atoms with Crippen LogP contribution in [0.4, 0.5) is 5.69 Å². The zero-order valence-electron chi connectivity index (χ0n) is 10.6. The number of nitrogens with one attached hydrogen (secondary N) is 1. The standard InChI is InChI=1S/C11H8Cl2N4O4/c1-5-15-9(16-21-5)4-14-11(18)7-2-6(17(19)20)3-8(12)10(7)13/h2-3H,4H2,1H3,(H,14,18). The first-order valence-electron chi connectivity index (χ1n) is 5.59. The average Bonchev–Trinajstić information content (AvgIpc) is 2.84. The van der Waals surface area contributed by atoms with Gasteiger partial charge in [-0.3, -0.25) is 14.9 Å². The predicted molar refractivity (Wildman–Crippen MR) is 73.3 cm³/mol. The molecule has 0 aliphatic heterocycles. The van der Waals surface area contributed by atoms with E-state index in [1.54, 1.807) is 6.92 Å². The number of nitro groups is 1. The first kappa shape index (κ1) is 15.2. The number of benzene rings is 1. The van der Waals surface area contributed by atoms with E-state index in [1.807, 2.05) is 0 Å². The van der Waals surface area contributed by atoms with Gasteiger partial charge in [0.05, 0.1) is 27.1 Å². The number of amides is 1. The average molecular weight is 331 g/mol. The van der Waals surface area contributed by atoms with E-state index in [0.717, 1.165) is 12.1 Å². The van der Waals surface area contributed by atoms with Gasteiger partial charge in [-0.2, -0.15) is 4.98 Å². The highest BCUT2D eigenvalue weighted by Gasteiger charge is 2.19. The minimum atomic E-state index is -0.665. The van der Waals surface area contributed by atoms with Crippen LogP contribution in [0.5, 0.6) is 0 Å². The number of nitrogens with zero attached hydrogens (tertiary/aromatic N) is 3. The Morgan fingerprint density at radius 2 is 2.19 bits per heavy atom. The highest BCUT2D eigenvalue weighted by Crippen LogP contribution is 2.30. The SMILES string of the molecule is Cc1nc(CNC(=O)c2cc([N+](=O)[O-])cc(Cl)c2Cl)no1. The van der Waals surface area contributed by atoms with Crippen molar-refractivity contribution in [2.45, 2.75) is 13.5 Å². The molecule has 21 heavy (non-hydrogen) atoms. The fourth-order valence-corrected chi connectivity index (χ4v) is 1.92. The van der Waals surface area contributed by atoms with E-state index in [-0.39, 0.29) is 33.7 Å². The van der Waals surface area contributed by atoms with Crippen molar-refractivity contribution in [3.8, 4) is 0 Å². The van der Waals surface area contributed by atoms with Crippen molar-refractivity contribution < 1.29 is 14.2 Å². The molecule has 1 aromatic carbocycles. The molecule has 0 radical (unpaired) electrons. The van der Waals surface area contributed by atoms with Gasteiger partial charge in [-0.15, -0.1) is 0 Å². The van der Waals surface area contributed by atoms with Gasteiger partial charge in [0.2, 0.25) is 5.89 Å². The van der Waals surface area contributed by atoms with Crippen LogP contribution in [-0.2, 0) is 6.54 Å². The van der Waals surface area contributed by atoms with Crippen LogP contribution in [0.3, 0.4) is 0 Å². The Kier molecular flexibility index (Phi) is 4.39. The number of hydrogen-bond donors (Lipinski definition) is 1. The van der Waals surface area contributed by atoms with E-state index in [2.05, 4.69) is 15.5 Å². The molecule has 10 heteroatoms. The summed E-state index contributed by atoms with van der Waals surface area (Å²) >= 11 is 11.7. The fourth-order valence-electron chi connectivity index (χ4n) is 1.51. The molecule has 0 saturated heterocycles. The zero-order valence-corrected chi connectivity index (χ0v) is 12.1. The van der Waals surface area contributed by atoms with Gasteiger partial charge in [-0.1, -0.05) is 28.4 Å². The first-order valence-corrected chi connectivity index (χ1v) is 6.35. The molecule has 0 aliphatic carbocycles. The van der Waals surface area contributed by atoms with Crippen LogP contribution in [0.25, 0.3) is 0 Å². The first-order chi connectivity index (χ1) is 9.88. The van der Waals surface area contributed by atoms with Gasteiger partial charge in [0.25, 0.3) is 11.6 Å². The lowest BCUT2D eigenvalue weighted by Gasteiger charge is -2.06. The number of non-ortho nitro benzene ring substituents is 1. The normalized spacial score (nSPS) is 10.4. The smallest absolute Gasteiger partial charge is 0.271 e. The van der Waals surface area contributed by atoms with E-state index >= 15 is 0 Å². The summed E-state index contributed by atoms with van der Waals surface area (Å²) in [4.78, 5) is 26.0. The second-order valence-corrected chi connectivity index (χ2v) is 4.74. The van der Waals surface area contributed by atoms with Crippen molar-refractivity contribution in [3.63, 3.8) is 0 Å². The van der Waals surface area contributed by atoms with E-state index in [4.69, 9.17) is 27.7 Å². The topological polar surface area (TPSA) is 111 Å². The van der Waals surface area contributed by atoms with Crippen molar-refractivity contribution in [1.29, 1.82) is 0 Å². The van der Waals surface area contributed by atoms with Gasteiger partial charge in [0.1, 0.15) is 0 Å². The molecule has 0 bridgehead atoms. The van der Waals surface area contributed by atoms with Gasteiger partial charge >= 0.3 is 0 Å². The third-order valence-corrected chi connectivity index (χ3v) is 3.25. The maximum atomic E-state index is 12.0. The van der Waals surface area contributed by atoms with Crippen LogP contribution in [0, 0.1) is 17.0 Å². The molecule has 110 valence electrons. The molecule has 0 aliphatic rings. The van der Waals surface area contributed by atoms with Crippen molar-refractivity contribution in [2.24, 2.45) is 0 Å². The van der Waals surface area contributed by atoms with Crippen molar-refractivity contribution in [1.82, 2.24) is 15.5 Å². The van der Waals surface area contributed by atoms with Crippen molar-refractivity contribution >= 4 is 34.8 Å². The predicted octanol–water partition coefficient (Wildman–Crippen LogP) is 2.52. The molecule has 1 aromatic heterocycles. The Balaban J connectivity index is 2.20. The maximum Gasteiger partial charge on any atom is 0.271 e. The molecule has 2 aromatic rings. The van der Waals surface area contributed by atoms with Gasteiger partial charge < -0.3 is 9.84 Å². The minimum absolute atomic E-state index is 0.00713. The summed E-state index contributed by atoms with van der Waals surface area (Å²) < 4.78 is 4.75.